The van der Waals surface area contributed by atoms with Crippen LogP contribution in [-0.2, 0) is 47.8 Å². The lowest BCUT2D eigenvalue weighted by Crippen LogP contribution is -2.10. The van der Waals surface area contributed by atoms with Crippen LogP contribution in [0.2, 0.25) is 0 Å². The van der Waals surface area contributed by atoms with E-state index in [-0.39, 0.29) is 21.7 Å². The van der Waals surface area contributed by atoms with E-state index in [9.17, 15) is 0 Å². The Labute approximate surface area is 848 Å². The fourth-order valence-electron chi connectivity index (χ4n) is 23.5. The van der Waals surface area contributed by atoms with Crippen molar-refractivity contribution in [2.24, 2.45) is 0 Å². The largest absolute Gasteiger partial charge is 0.341 e. The Kier molecular flexibility index (Phi) is 22.7. The van der Waals surface area contributed by atoms with Crippen LogP contribution in [0.15, 0.2) is 364 Å². The maximum absolute atomic E-state index is 2.46. The van der Waals surface area contributed by atoms with E-state index in [0.29, 0.717) is 0 Å². The Morgan fingerprint density at radius 2 is 0.292 bits per heavy atom. The lowest BCUT2D eigenvalue weighted by Gasteiger charge is -2.19. The first-order chi connectivity index (χ1) is 69.4. The molecule has 4 aromatic heterocycles. The number of rotatable bonds is 14. The van der Waals surface area contributed by atoms with Crippen LogP contribution in [0.1, 0.15) is 155 Å². The van der Waals surface area contributed by atoms with Crippen LogP contribution >= 0.6 is 0 Å². The Morgan fingerprint density at radius 3 is 0.458 bits per heavy atom. The number of aryl methyl sites for hydroxylation is 8. The second kappa shape index (κ2) is 35.4. The van der Waals surface area contributed by atoms with Crippen molar-refractivity contribution in [2.75, 3.05) is 0 Å². The highest BCUT2D eigenvalue weighted by Crippen LogP contribution is 2.51. The summed E-state index contributed by atoms with van der Waals surface area (Å²) in [4.78, 5) is 0. The topological polar surface area (TPSA) is 19.7 Å². The zero-order valence-electron chi connectivity index (χ0n) is 87.3. The summed E-state index contributed by atoms with van der Waals surface area (Å²) in [5, 5.41) is 20.9. The van der Waals surface area contributed by atoms with Crippen LogP contribution < -0.4 is 0 Å². The van der Waals surface area contributed by atoms with E-state index in [1.165, 1.54) is 286 Å². The van der Waals surface area contributed by atoms with Crippen molar-refractivity contribution in [3.63, 3.8) is 0 Å². The van der Waals surface area contributed by atoms with Gasteiger partial charge < -0.3 is 18.3 Å². The maximum atomic E-state index is 2.46. The summed E-state index contributed by atoms with van der Waals surface area (Å²) in [6, 6.07) is 139. The molecule has 0 aliphatic rings. The van der Waals surface area contributed by atoms with Crippen LogP contribution in [0.4, 0.5) is 0 Å². The van der Waals surface area contributed by atoms with Gasteiger partial charge in [0.25, 0.3) is 0 Å². The molecule has 708 valence electrons. The summed E-state index contributed by atoms with van der Waals surface area (Å²) >= 11 is 0. The zero-order chi connectivity index (χ0) is 99.6. The van der Waals surface area contributed by atoms with Crippen molar-refractivity contribution in [1.82, 2.24) is 18.3 Å². The molecule has 4 heterocycles. The van der Waals surface area contributed by atoms with Crippen molar-refractivity contribution in [1.29, 1.82) is 0 Å². The van der Waals surface area contributed by atoms with Gasteiger partial charge in [-0.3, -0.25) is 0 Å². The Bertz CT molecular complexity index is 8750. The molecular weight excluding hydrogens is 1740 g/mol. The minimum absolute atomic E-state index is 0.0859. The van der Waals surface area contributed by atoms with Crippen molar-refractivity contribution in [3.05, 3.63) is 408 Å². The van der Waals surface area contributed by atoms with Crippen LogP contribution in [0.3, 0.4) is 0 Å². The standard InChI is InChI=1S/C76H68N2.C64H60N2/c1-11-77-69-37-33-57(43-63(69)65-45-59(75(5,6)7)35-39-71(65)77)53-21-17-49(18-22-53)51-25-29-55(30-26-51)73-61-15-13-14-16-62(61)74(68-42-48(4)47(3)41-67(68)73)56-31-27-52(28-32-56)50-19-23-54(24-20-50)58-34-38-70-64(44-58)66-46-60(76(8,9)10)36-40-72(66)78(70)12-2;1-11-65-57-29-25-45(35-51(57)53-37-47(63(5,6)7)27-31-59(53)65)41-17-21-43(22-18-41)61-49-15-13-14-16-50(49)62(56-34-40(4)39(3)33-55(56)61)44-23-19-42(20-24-44)46-26-30-58-52(36-46)54-38-48(64(8,9)10)28-32-60(54)66(58)12-2/h13-46H,11-12H2,1-10H3;13-38H,11-12H2,1-10H3. The molecule has 0 amide bonds. The molecule has 144 heavy (non-hydrogen) atoms. The van der Waals surface area contributed by atoms with Crippen LogP contribution in [-0.4, -0.2) is 18.3 Å². The van der Waals surface area contributed by atoms with Gasteiger partial charge in [-0.15, -0.1) is 0 Å². The molecule has 24 rings (SSSR count). The predicted octanol–water partition coefficient (Wildman–Crippen LogP) is 39.6. The van der Waals surface area contributed by atoms with Gasteiger partial charge in [0.05, 0.1) is 0 Å². The molecule has 20 aromatic carbocycles. The SMILES string of the molecule is CCn1c2ccc(-c3ccc(-c4c5ccccc5c(-c5ccc(-c6ccc7c(c6)c6cc(C(C)(C)C)ccc6n7CC)cc5)c5cc(C)c(C)cc45)cc3)cc2c2cc(C(C)(C)C)ccc21.CCn1c2ccc(-c3ccc(-c4ccc(-c5c6ccccc6c(-c6ccc(-c7ccc(-c8ccc9c(c8)c8cc(C(C)(C)C)ccc8n9CC)cc7)cc6)c6cc(C)c(C)cc56)cc4)cc3)cc2c2cc(C(C)(C)C)ccc21. The molecule has 0 N–H and O–H groups in total. The highest BCUT2D eigenvalue weighted by molar-refractivity contribution is 6.24. The molecule has 0 fully saturated rings. The molecule has 0 aliphatic carbocycles. The van der Waals surface area contributed by atoms with E-state index in [1.54, 1.807) is 0 Å². The molecule has 0 saturated carbocycles. The highest BCUT2D eigenvalue weighted by Gasteiger charge is 2.28. The first kappa shape index (κ1) is 92.4. The highest BCUT2D eigenvalue weighted by atomic mass is 15.0. The Hall–Kier alpha value is -15.4. The second-order valence-electron chi connectivity index (χ2n) is 44.9. The molecule has 24 aromatic rings. The van der Waals surface area contributed by atoms with Gasteiger partial charge in [-0.1, -0.05) is 350 Å². The number of hydrogen-bond donors (Lipinski definition) is 0. The second-order valence-corrected chi connectivity index (χ2v) is 44.9. The van der Waals surface area contributed by atoms with E-state index in [1.807, 2.05) is 0 Å². The van der Waals surface area contributed by atoms with Crippen LogP contribution in [0, 0.1) is 27.7 Å². The summed E-state index contributed by atoms with van der Waals surface area (Å²) in [5.74, 6) is 0. The number of aromatic nitrogens is 4. The summed E-state index contributed by atoms with van der Waals surface area (Å²) < 4.78 is 9.81. The summed E-state index contributed by atoms with van der Waals surface area (Å²) in [7, 11) is 0. The van der Waals surface area contributed by atoms with Crippen molar-refractivity contribution < 1.29 is 0 Å². The van der Waals surface area contributed by atoms with Gasteiger partial charge in [0.1, 0.15) is 0 Å². The van der Waals surface area contributed by atoms with Gasteiger partial charge in [0.2, 0.25) is 0 Å². The van der Waals surface area contributed by atoms with Gasteiger partial charge in [-0.2, -0.15) is 0 Å². The smallest absolute Gasteiger partial charge is 0.0491 e. The first-order valence-corrected chi connectivity index (χ1v) is 52.2. The maximum Gasteiger partial charge on any atom is 0.0491 e. The van der Waals surface area contributed by atoms with Gasteiger partial charge in [-0.25, -0.2) is 0 Å². The van der Waals surface area contributed by atoms with E-state index in [0.717, 1.165) is 26.2 Å². The van der Waals surface area contributed by atoms with Gasteiger partial charge in [-0.05, 0) is 373 Å². The summed E-state index contributed by atoms with van der Waals surface area (Å²) in [5.41, 5.74) is 46.2. The lowest BCUT2D eigenvalue weighted by molar-refractivity contribution is 0.591. The third-order valence-electron chi connectivity index (χ3n) is 31.9. The summed E-state index contributed by atoms with van der Waals surface area (Å²) in [6.45, 7) is 49.3. The van der Waals surface area contributed by atoms with E-state index in [4.69, 9.17) is 0 Å². The molecule has 4 nitrogen and oxygen atoms in total. The van der Waals surface area contributed by atoms with Crippen molar-refractivity contribution in [3.8, 4) is 111 Å². The molecule has 0 aliphatic heterocycles. The molecule has 0 atom stereocenters. The first-order valence-electron chi connectivity index (χ1n) is 52.2. The Balaban J connectivity index is 0.000000162. The molecule has 0 unspecified atom stereocenters. The van der Waals surface area contributed by atoms with Crippen LogP contribution in [0.5, 0.6) is 0 Å². The minimum atomic E-state index is 0.0859. The van der Waals surface area contributed by atoms with E-state index >= 15 is 0 Å². The third kappa shape index (κ3) is 15.9. The quantitative estimate of drug-likeness (QED) is 0.0967. The van der Waals surface area contributed by atoms with E-state index in [2.05, 4.69) is 521 Å². The number of nitrogens with zero attached hydrogens (tertiary/aromatic N) is 4. The zero-order valence-corrected chi connectivity index (χ0v) is 87.3. The lowest BCUT2D eigenvalue weighted by atomic mass is 9.84. The number of benzene rings is 20. The Morgan fingerprint density at radius 1 is 0.146 bits per heavy atom. The van der Waals surface area contributed by atoms with Crippen LogP contribution in [0.25, 0.3) is 242 Å². The average molecular weight is 1870 g/mol. The van der Waals surface area contributed by atoms with Crippen molar-refractivity contribution in [2.45, 2.75) is 186 Å². The van der Waals surface area contributed by atoms with Gasteiger partial charge in [0, 0.05) is 113 Å². The molecule has 4 heteroatoms. The molecule has 0 radical (unpaired) electrons. The fraction of sp³-hybridized carbons (Fsp3) is 0.200. The van der Waals surface area contributed by atoms with Gasteiger partial charge in [0.15, 0.2) is 0 Å². The average Bonchev–Trinajstić information content (AvgIpc) is 1.27. The van der Waals surface area contributed by atoms with E-state index < -0.39 is 0 Å². The predicted molar refractivity (Wildman–Crippen MR) is 626 cm³/mol. The summed E-state index contributed by atoms with van der Waals surface area (Å²) in [6.07, 6.45) is 0. The third-order valence-corrected chi connectivity index (χ3v) is 31.9. The normalized spacial score (nSPS) is 12.4. The monoisotopic (exact) mass is 1870 g/mol. The van der Waals surface area contributed by atoms with Gasteiger partial charge >= 0.3 is 0 Å². The molecule has 0 spiro atoms. The number of hydrogen-bond acceptors (Lipinski definition) is 0. The fourth-order valence-corrected chi connectivity index (χ4v) is 23.5. The molecular formula is C140H128N4. The number of fused-ring (bicyclic) bond motifs is 16. The molecule has 0 saturated heterocycles. The van der Waals surface area contributed by atoms with Crippen molar-refractivity contribution >= 4 is 130 Å². The molecule has 0 bridgehead atoms. The minimum Gasteiger partial charge on any atom is -0.341 e.